The summed E-state index contributed by atoms with van der Waals surface area (Å²) in [4.78, 5) is 21.9. The van der Waals surface area contributed by atoms with E-state index in [0.29, 0.717) is 0 Å². The number of unbranched alkanes of at least 4 members (excludes halogenated alkanes) is 4. The molecule has 1 aliphatic heterocycles. The molecule has 0 spiro atoms. The Kier molecular flexibility index (Phi) is 9.80. The number of carboxylic acid groups (broad SMARTS) is 2. The van der Waals surface area contributed by atoms with E-state index in [-0.39, 0.29) is 6.04 Å². The zero-order chi connectivity index (χ0) is 17.2. The van der Waals surface area contributed by atoms with Crippen LogP contribution in [0.4, 0.5) is 13.2 Å². The Labute approximate surface area is 128 Å². The fourth-order valence-electron chi connectivity index (χ4n) is 2.29. The van der Waals surface area contributed by atoms with Crippen molar-refractivity contribution >= 4 is 11.9 Å². The van der Waals surface area contributed by atoms with Gasteiger partial charge in [-0.15, -0.1) is 0 Å². The number of hydrogen-bond acceptors (Lipinski definition) is 3. The van der Waals surface area contributed by atoms with E-state index >= 15 is 0 Å². The van der Waals surface area contributed by atoms with E-state index in [4.69, 9.17) is 15.0 Å². The Bertz CT molecular complexity index is 347. The molecule has 130 valence electrons. The lowest BCUT2D eigenvalue weighted by Crippen LogP contribution is -2.36. The van der Waals surface area contributed by atoms with Crippen molar-refractivity contribution in [2.75, 3.05) is 13.1 Å². The van der Waals surface area contributed by atoms with Crippen LogP contribution in [0.1, 0.15) is 51.9 Å². The summed E-state index contributed by atoms with van der Waals surface area (Å²) in [5, 5.41) is 16.1. The highest BCUT2D eigenvalue weighted by Crippen LogP contribution is 2.18. The fraction of sp³-hybridized carbons (Fsp3) is 0.857. The highest BCUT2D eigenvalue weighted by Gasteiger charge is 2.38. The van der Waals surface area contributed by atoms with Gasteiger partial charge in [0, 0.05) is 0 Å². The third kappa shape index (κ3) is 8.86. The Balaban J connectivity index is 0.000000534. The van der Waals surface area contributed by atoms with Gasteiger partial charge in [0.05, 0.1) is 0 Å². The second-order valence-electron chi connectivity index (χ2n) is 5.25. The molecule has 0 amide bonds. The summed E-state index contributed by atoms with van der Waals surface area (Å²) in [6.45, 7) is 4.16. The van der Waals surface area contributed by atoms with Gasteiger partial charge in [0.1, 0.15) is 6.04 Å². The summed E-state index contributed by atoms with van der Waals surface area (Å²) < 4.78 is 31.7. The number of halogens is 3. The van der Waals surface area contributed by atoms with Gasteiger partial charge in [-0.3, -0.25) is 9.69 Å². The molecule has 1 atom stereocenters. The molecule has 22 heavy (non-hydrogen) atoms. The molecule has 0 aromatic carbocycles. The molecule has 1 unspecified atom stereocenters. The minimum atomic E-state index is -5.08. The maximum Gasteiger partial charge on any atom is 0.490 e. The summed E-state index contributed by atoms with van der Waals surface area (Å²) in [7, 11) is 0. The average Bonchev–Trinajstić information content (AvgIpc) is 2.86. The van der Waals surface area contributed by atoms with E-state index in [1.54, 1.807) is 0 Å². The van der Waals surface area contributed by atoms with Crippen LogP contribution in [0.2, 0.25) is 0 Å². The van der Waals surface area contributed by atoms with Gasteiger partial charge in [-0.2, -0.15) is 13.2 Å². The minimum Gasteiger partial charge on any atom is -0.480 e. The smallest absolute Gasteiger partial charge is 0.480 e. The molecule has 0 bridgehead atoms. The molecule has 8 heteroatoms. The molecule has 0 aliphatic carbocycles. The first-order valence-corrected chi connectivity index (χ1v) is 7.47. The van der Waals surface area contributed by atoms with Crippen LogP contribution in [0.15, 0.2) is 0 Å². The van der Waals surface area contributed by atoms with Crippen LogP contribution in [-0.4, -0.2) is 52.4 Å². The molecule has 1 heterocycles. The zero-order valence-corrected chi connectivity index (χ0v) is 12.7. The topological polar surface area (TPSA) is 77.8 Å². The SMILES string of the molecule is CCCCCCCN1CCCC1C(=O)O.O=C(O)C(F)(F)F. The standard InChI is InChI=1S/C12H23NO2.C2HF3O2/c1-2-3-4-5-6-9-13-10-7-8-11(13)12(14)15;3-2(4,5)1(6)7/h11H,2-10H2,1H3,(H,14,15);(H,6,7). The number of carboxylic acids is 2. The van der Waals surface area contributed by atoms with Crippen LogP contribution < -0.4 is 0 Å². The van der Waals surface area contributed by atoms with E-state index in [1.165, 1.54) is 25.7 Å². The number of rotatable bonds is 7. The third-order valence-corrected chi connectivity index (χ3v) is 3.44. The van der Waals surface area contributed by atoms with E-state index in [9.17, 15) is 18.0 Å². The monoisotopic (exact) mass is 327 g/mol. The Morgan fingerprint density at radius 3 is 2.14 bits per heavy atom. The molecule has 1 fully saturated rings. The van der Waals surface area contributed by atoms with Crippen molar-refractivity contribution in [3.63, 3.8) is 0 Å². The summed E-state index contributed by atoms with van der Waals surface area (Å²) in [6, 6.07) is -0.198. The van der Waals surface area contributed by atoms with Crippen LogP contribution in [0, 0.1) is 0 Å². The first-order valence-electron chi connectivity index (χ1n) is 7.47. The number of nitrogens with zero attached hydrogens (tertiary/aromatic N) is 1. The van der Waals surface area contributed by atoms with Crippen LogP contribution >= 0.6 is 0 Å². The molecule has 0 aromatic heterocycles. The van der Waals surface area contributed by atoms with Gasteiger partial charge < -0.3 is 10.2 Å². The minimum absolute atomic E-state index is 0.198. The number of alkyl halides is 3. The number of aliphatic carboxylic acids is 2. The van der Waals surface area contributed by atoms with E-state index in [1.807, 2.05) is 0 Å². The molecule has 0 aromatic rings. The van der Waals surface area contributed by atoms with Crippen molar-refractivity contribution in [1.82, 2.24) is 4.90 Å². The lowest BCUT2D eigenvalue weighted by molar-refractivity contribution is -0.192. The molecule has 0 saturated carbocycles. The summed E-state index contributed by atoms with van der Waals surface area (Å²) in [5.41, 5.74) is 0. The number of likely N-dealkylation sites (tertiary alicyclic amines) is 1. The van der Waals surface area contributed by atoms with Crippen LogP contribution in [0.25, 0.3) is 0 Å². The highest BCUT2D eigenvalue weighted by molar-refractivity contribution is 5.73. The Morgan fingerprint density at radius 2 is 1.68 bits per heavy atom. The van der Waals surface area contributed by atoms with Crippen LogP contribution in [0.5, 0.6) is 0 Å². The molecule has 1 aliphatic rings. The predicted octanol–water partition coefficient (Wildman–Crippen LogP) is 3.14. The largest absolute Gasteiger partial charge is 0.490 e. The van der Waals surface area contributed by atoms with E-state index in [2.05, 4.69) is 11.8 Å². The van der Waals surface area contributed by atoms with Crippen molar-refractivity contribution in [2.45, 2.75) is 64.1 Å². The van der Waals surface area contributed by atoms with E-state index in [0.717, 1.165) is 32.4 Å². The van der Waals surface area contributed by atoms with Crippen molar-refractivity contribution in [2.24, 2.45) is 0 Å². The molecule has 2 N–H and O–H groups in total. The molecule has 1 rings (SSSR count). The maximum atomic E-state index is 10.9. The lowest BCUT2D eigenvalue weighted by Gasteiger charge is -2.20. The summed E-state index contributed by atoms with van der Waals surface area (Å²) in [6.07, 6.45) is 3.07. The van der Waals surface area contributed by atoms with Gasteiger partial charge >= 0.3 is 18.1 Å². The second-order valence-corrected chi connectivity index (χ2v) is 5.25. The van der Waals surface area contributed by atoms with Crippen LogP contribution in [0.3, 0.4) is 0 Å². The molecular formula is C14H24F3NO4. The Hall–Kier alpha value is -1.31. The van der Waals surface area contributed by atoms with Crippen molar-refractivity contribution in [1.29, 1.82) is 0 Å². The molecule has 0 radical (unpaired) electrons. The van der Waals surface area contributed by atoms with Gasteiger partial charge in [0.15, 0.2) is 0 Å². The average molecular weight is 327 g/mol. The summed E-state index contributed by atoms with van der Waals surface area (Å²) in [5.74, 6) is -3.39. The first kappa shape index (κ1) is 20.7. The quantitative estimate of drug-likeness (QED) is 0.702. The Morgan fingerprint density at radius 1 is 1.14 bits per heavy atom. The zero-order valence-electron chi connectivity index (χ0n) is 12.7. The molecular weight excluding hydrogens is 303 g/mol. The first-order chi connectivity index (χ1) is 10.2. The van der Waals surface area contributed by atoms with Crippen LogP contribution in [-0.2, 0) is 9.59 Å². The van der Waals surface area contributed by atoms with Gasteiger partial charge in [-0.1, -0.05) is 32.6 Å². The predicted molar refractivity (Wildman–Crippen MR) is 74.7 cm³/mol. The van der Waals surface area contributed by atoms with E-state index < -0.39 is 18.1 Å². The van der Waals surface area contributed by atoms with Gasteiger partial charge in [0.2, 0.25) is 0 Å². The van der Waals surface area contributed by atoms with Gasteiger partial charge in [0.25, 0.3) is 0 Å². The summed E-state index contributed by atoms with van der Waals surface area (Å²) >= 11 is 0. The lowest BCUT2D eigenvalue weighted by atomic mass is 10.1. The maximum absolute atomic E-state index is 10.9. The number of hydrogen-bond donors (Lipinski definition) is 2. The third-order valence-electron chi connectivity index (χ3n) is 3.44. The fourth-order valence-corrected chi connectivity index (χ4v) is 2.29. The second kappa shape index (κ2) is 10.4. The van der Waals surface area contributed by atoms with Crippen molar-refractivity contribution in [3.05, 3.63) is 0 Å². The number of carbonyl (C=O) groups is 2. The van der Waals surface area contributed by atoms with Gasteiger partial charge in [-0.05, 0) is 32.4 Å². The normalized spacial score (nSPS) is 18.6. The van der Waals surface area contributed by atoms with Crippen molar-refractivity contribution < 1.29 is 33.0 Å². The molecule has 5 nitrogen and oxygen atoms in total. The molecule has 1 saturated heterocycles. The van der Waals surface area contributed by atoms with Gasteiger partial charge in [-0.25, -0.2) is 4.79 Å². The highest BCUT2D eigenvalue weighted by atomic mass is 19.4. The van der Waals surface area contributed by atoms with Crippen molar-refractivity contribution in [3.8, 4) is 0 Å².